The van der Waals surface area contributed by atoms with Crippen molar-refractivity contribution in [2.45, 2.75) is 19.8 Å². The van der Waals surface area contributed by atoms with Gasteiger partial charge in [0.2, 0.25) is 0 Å². The second kappa shape index (κ2) is 8.12. The van der Waals surface area contributed by atoms with Crippen LogP contribution >= 0.6 is 24.0 Å². The predicted octanol–water partition coefficient (Wildman–Crippen LogP) is 3.15. The molecule has 0 atom stereocenters. The normalized spacial score (nSPS) is 16.2. The Bertz CT molecular complexity index is 657. The number of rotatable bonds is 7. The van der Waals surface area contributed by atoms with Gasteiger partial charge in [-0.05, 0) is 18.6 Å². The average molecular weight is 351 g/mol. The summed E-state index contributed by atoms with van der Waals surface area (Å²) in [5.74, 6) is -0.777. The number of nitrogens with zero attached hydrogens (tertiary/aromatic N) is 1. The van der Waals surface area contributed by atoms with E-state index in [0.717, 1.165) is 35.1 Å². The lowest BCUT2D eigenvalue weighted by Crippen LogP contribution is -2.33. The Morgan fingerprint density at radius 1 is 1.43 bits per heavy atom. The molecule has 0 saturated carbocycles. The van der Waals surface area contributed by atoms with Crippen molar-refractivity contribution in [3.63, 3.8) is 0 Å². The van der Waals surface area contributed by atoms with E-state index in [2.05, 4.69) is 6.92 Å². The first-order chi connectivity index (χ1) is 11.0. The number of carboxylic acid groups (broad SMARTS) is 1. The molecule has 0 radical (unpaired) electrons. The number of amides is 1. The summed E-state index contributed by atoms with van der Waals surface area (Å²) in [5.41, 5.74) is 0.777. The first-order valence-corrected chi connectivity index (χ1v) is 8.44. The average Bonchev–Trinajstić information content (AvgIpc) is 2.76. The van der Waals surface area contributed by atoms with Crippen LogP contribution in [0.25, 0.3) is 6.08 Å². The van der Waals surface area contributed by atoms with E-state index >= 15 is 0 Å². The molecule has 0 aromatic heterocycles. The number of hydrogen-bond donors (Lipinski definition) is 1. The van der Waals surface area contributed by atoms with Gasteiger partial charge >= 0.3 is 5.97 Å². The highest BCUT2D eigenvalue weighted by Gasteiger charge is 2.33. The Labute approximate surface area is 144 Å². The van der Waals surface area contributed by atoms with Crippen molar-refractivity contribution in [1.82, 2.24) is 4.90 Å². The number of ether oxygens (including phenoxy) is 1. The van der Waals surface area contributed by atoms with Gasteiger partial charge in [-0.25, -0.2) is 0 Å². The summed E-state index contributed by atoms with van der Waals surface area (Å²) in [6.07, 6.45) is 3.69. The van der Waals surface area contributed by atoms with Crippen LogP contribution in [0.2, 0.25) is 0 Å². The van der Waals surface area contributed by atoms with Crippen molar-refractivity contribution in [1.29, 1.82) is 0 Å². The molecule has 1 aliphatic rings. The van der Waals surface area contributed by atoms with Gasteiger partial charge in [0.05, 0.1) is 11.5 Å². The number of para-hydroxylation sites is 1. The van der Waals surface area contributed by atoms with Crippen LogP contribution in [-0.4, -0.2) is 39.4 Å². The Morgan fingerprint density at radius 3 is 2.87 bits per heavy atom. The van der Waals surface area contributed by atoms with Gasteiger partial charge in [-0.1, -0.05) is 55.5 Å². The molecule has 2 rings (SSSR count). The van der Waals surface area contributed by atoms with Gasteiger partial charge < -0.3 is 9.84 Å². The molecule has 23 heavy (non-hydrogen) atoms. The zero-order valence-electron chi connectivity index (χ0n) is 12.7. The van der Waals surface area contributed by atoms with E-state index in [1.54, 1.807) is 6.08 Å². The minimum Gasteiger partial charge on any atom is -0.493 e. The predicted molar refractivity (Wildman–Crippen MR) is 94.4 cm³/mol. The standard InChI is InChI=1S/C16H17NO4S2/c1-2-3-8-21-12-7-5-4-6-11(12)9-13-15(20)17(10-14(18)19)16(22)23-13/h4-7,9H,2-3,8,10H2,1H3,(H,18,19)/b13-9+. The molecule has 122 valence electrons. The fourth-order valence-corrected chi connectivity index (χ4v) is 3.22. The summed E-state index contributed by atoms with van der Waals surface area (Å²) in [5, 5.41) is 8.85. The van der Waals surface area contributed by atoms with Gasteiger partial charge in [-0.15, -0.1) is 0 Å². The molecule has 5 nitrogen and oxygen atoms in total. The van der Waals surface area contributed by atoms with Crippen LogP contribution in [0.5, 0.6) is 5.75 Å². The smallest absolute Gasteiger partial charge is 0.323 e. The third kappa shape index (κ3) is 4.56. The lowest BCUT2D eigenvalue weighted by atomic mass is 10.2. The van der Waals surface area contributed by atoms with Crippen LogP contribution in [0.3, 0.4) is 0 Å². The zero-order chi connectivity index (χ0) is 16.8. The van der Waals surface area contributed by atoms with Crippen molar-refractivity contribution in [2.24, 2.45) is 0 Å². The molecule has 1 saturated heterocycles. The number of carbonyl (C=O) groups excluding carboxylic acids is 1. The SMILES string of the molecule is CCCCOc1ccccc1/C=C1/SC(=S)N(CC(=O)O)C1=O. The topological polar surface area (TPSA) is 66.8 Å². The van der Waals surface area contributed by atoms with Crippen LogP contribution < -0.4 is 4.74 Å². The van der Waals surface area contributed by atoms with E-state index in [0.29, 0.717) is 17.3 Å². The molecule has 1 fully saturated rings. The Hall–Kier alpha value is -1.86. The molecule has 0 aliphatic carbocycles. The van der Waals surface area contributed by atoms with E-state index in [-0.39, 0.29) is 10.2 Å². The number of unbranched alkanes of at least 4 members (excludes halogenated alkanes) is 1. The van der Waals surface area contributed by atoms with E-state index < -0.39 is 12.5 Å². The lowest BCUT2D eigenvalue weighted by molar-refractivity contribution is -0.140. The highest BCUT2D eigenvalue weighted by Crippen LogP contribution is 2.34. The van der Waals surface area contributed by atoms with Gasteiger partial charge in [-0.2, -0.15) is 0 Å². The number of hydrogen-bond acceptors (Lipinski definition) is 5. The Kier molecular flexibility index (Phi) is 6.18. The first-order valence-electron chi connectivity index (χ1n) is 7.22. The lowest BCUT2D eigenvalue weighted by Gasteiger charge is -2.10. The Morgan fingerprint density at radius 2 is 2.17 bits per heavy atom. The molecule has 7 heteroatoms. The van der Waals surface area contributed by atoms with Crippen LogP contribution in [-0.2, 0) is 9.59 Å². The molecule has 0 unspecified atom stereocenters. The van der Waals surface area contributed by atoms with E-state index in [9.17, 15) is 9.59 Å². The molecule has 0 bridgehead atoms. The van der Waals surface area contributed by atoms with Crippen LogP contribution in [0.1, 0.15) is 25.3 Å². The highest BCUT2D eigenvalue weighted by atomic mass is 32.2. The maximum atomic E-state index is 12.3. The number of thiocarbonyl (C=S) groups is 1. The van der Waals surface area contributed by atoms with Gasteiger partial charge in [0.25, 0.3) is 5.91 Å². The first kappa shape index (κ1) is 17.5. The summed E-state index contributed by atoms with van der Waals surface area (Å²) >= 11 is 6.19. The Balaban J connectivity index is 2.20. The summed E-state index contributed by atoms with van der Waals surface area (Å²) in [4.78, 5) is 24.6. The molecule has 1 aromatic rings. The highest BCUT2D eigenvalue weighted by molar-refractivity contribution is 8.26. The maximum absolute atomic E-state index is 12.3. The third-order valence-corrected chi connectivity index (χ3v) is 4.51. The minimum absolute atomic E-state index is 0.257. The molecular formula is C16H17NO4S2. The monoisotopic (exact) mass is 351 g/mol. The molecule has 1 heterocycles. The maximum Gasteiger partial charge on any atom is 0.323 e. The number of aliphatic carboxylic acids is 1. The molecule has 1 aromatic carbocycles. The molecule has 0 spiro atoms. The van der Waals surface area contributed by atoms with E-state index in [1.165, 1.54) is 0 Å². The van der Waals surface area contributed by atoms with Gasteiger partial charge in [0, 0.05) is 5.56 Å². The third-order valence-electron chi connectivity index (χ3n) is 3.13. The van der Waals surface area contributed by atoms with Gasteiger partial charge in [-0.3, -0.25) is 14.5 Å². The van der Waals surface area contributed by atoms with Crippen molar-refractivity contribution in [2.75, 3.05) is 13.2 Å². The number of carboxylic acids is 1. The van der Waals surface area contributed by atoms with E-state index in [4.69, 9.17) is 22.1 Å². The summed E-state index contributed by atoms with van der Waals surface area (Å²) in [6, 6.07) is 7.43. The number of carbonyl (C=O) groups is 2. The zero-order valence-corrected chi connectivity index (χ0v) is 14.3. The number of benzene rings is 1. The van der Waals surface area contributed by atoms with Crippen molar-refractivity contribution >= 4 is 46.3 Å². The van der Waals surface area contributed by atoms with E-state index in [1.807, 2.05) is 24.3 Å². The molecular weight excluding hydrogens is 334 g/mol. The van der Waals surface area contributed by atoms with Crippen LogP contribution in [0.4, 0.5) is 0 Å². The van der Waals surface area contributed by atoms with Gasteiger partial charge in [0.15, 0.2) is 0 Å². The largest absolute Gasteiger partial charge is 0.493 e. The van der Waals surface area contributed by atoms with Crippen molar-refractivity contribution in [3.05, 3.63) is 34.7 Å². The summed E-state index contributed by atoms with van der Waals surface area (Å²) < 4.78 is 5.99. The molecule has 1 amide bonds. The molecule has 1 N–H and O–H groups in total. The van der Waals surface area contributed by atoms with Gasteiger partial charge in [0.1, 0.15) is 16.6 Å². The fraction of sp³-hybridized carbons (Fsp3) is 0.312. The minimum atomic E-state index is -1.09. The van der Waals surface area contributed by atoms with Crippen LogP contribution in [0.15, 0.2) is 29.2 Å². The second-order valence-corrected chi connectivity index (χ2v) is 6.58. The van der Waals surface area contributed by atoms with Crippen LogP contribution in [0, 0.1) is 0 Å². The summed E-state index contributed by atoms with van der Waals surface area (Å²) in [7, 11) is 0. The summed E-state index contributed by atoms with van der Waals surface area (Å²) in [6.45, 7) is 2.28. The quantitative estimate of drug-likeness (QED) is 0.462. The number of thioether (sulfide) groups is 1. The fourth-order valence-electron chi connectivity index (χ4n) is 1.97. The molecule has 1 aliphatic heterocycles. The van der Waals surface area contributed by atoms with Crippen molar-refractivity contribution in [3.8, 4) is 5.75 Å². The second-order valence-electron chi connectivity index (χ2n) is 4.90. The van der Waals surface area contributed by atoms with Crippen molar-refractivity contribution < 1.29 is 19.4 Å².